The Labute approximate surface area is 134 Å². The second-order valence-electron chi connectivity index (χ2n) is 5.67. The van der Waals surface area contributed by atoms with E-state index >= 15 is 0 Å². The van der Waals surface area contributed by atoms with E-state index in [0.717, 1.165) is 18.4 Å². The number of nitrogens with two attached hydrogens (primary N) is 1. The van der Waals surface area contributed by atoms with Crippen molar-refractivity contribution in [1.82, 2.24) is 4.31 Å². The highest BCUT2D eigenvalue weighted by Crippen LogP contribution is 2.21. The zero-order chi connectivity index (χ0) is 14.6. The van der Waals surface area contributed by atoms with Crippen molar-refractivity contribution in [2.45, 2.75) is 32.2 Å². The van der Waals surface area contributed by atoms with Crippen LogP contribution in [0.4, 0.5) is 0 Å². The molecule has 21 heavy (non-hydrogen) atoms. The number of rotatable bonds is 5. The van der Waals surface area contributed by atoms with Crippen molar-refractivity contribution in [2.75, 3.05) is 18.8 Å². The molecule has 0 saturated carbocycles. The highest BCUT2D eigenvalue weighted by Gasteiger charge is 2.29. The Bertz CT molecular complexity index is 520. The summed E-state index contributed by atoms with van der Waals surface area (Å²) in [6.07, 6.45) is 2.52. The average Bonchev–Trinajstić information content (AvgIpc) is 2.46. The van der Waals surface area contributed by atoms with Gasteiger partial charge in [-0.15, -0.1) is 12.4 Å². The second-order valence-corrected chi connectivity index (χ2v) is 7.76. The van der Waals surface area contributed by atoms with Crippen LogP contribution in [0.15, 0.2) is 30.3 Å². The summed E-state index contributed by atoms with van der Waals surface area (Å²) in [5.74, 6) is 0.470. The SMILES string of the molecule is CC(N)C1CCCN(S(=O)(=O)CCc2ccccc2)C1.Cl. The molecule has 0 aliphatic carbocycles. The zero-order valence-corrected chi connectivity index (χ0v) is 14.1. The van der Waals surface area contributed by atoms with Crippen LogP contribution < -0.4 is 5.73 Å². The zero-order valence-electron chi connectivity index (χ0n) is 12.4. The molecule has 0 spiro atoms. The highest BCUT2D eigenvalue weighted by atomic mass is 35.5. The number of piperidine rings is 1. The van der Waals surface area contributed by atoms with Gasteiger partial charge in [-0.2, -0.15) is 0 Å². The molecule has 4 nitrogen and oxygen atoms in total. The van der Waals surface area contributed by atoms with Gasteiger partial charge in [0.05, 0.1) is 5.75 Å². The van der Waals surface area contributed by atoms with E-state index in [4.69, 9.17) is 5.73 Å². The van der Waals surface area contributed by atoms with Crippen LogP contribution in [-0.4, -0.2) is 37.6 Å². The van der Waals surface area contributed by atoms with Gasteiger partial charge in [0.2, 0.25) is 10.0 Å². The van der Waals surface area contributed by atoms with Gasteiger partial charge in [0.1, 0.15) is 0 Å². The molecule has 1 aliphatic rings. The van der Waals surface area contributed by atoms with Gasteiger partial charge in [0, 0.05) is 19.1 Å². The quantitative estimate of drug-likeness (QED) is 0.897. The molecule has 6 heteroatoms. The molecule has 1 fully saturated rings. The van der Waals surface area contributed by atoms with Crippen molar-refractivity contribution in [3.05, 3.63) is 35.9 Å². The average molecular weight is 333 g/mol. The molecule has 0 radical (unpaired) electrons. The fourth-order valence-corrected chi connectivity index (χ4v) is 4.25. The van der Waals surface area contributed by atoms with E-state index in [-0.39, 0.29) is 30.1 Å². The maximum absolute atomic E-state index is 12.4. The fourth-order valence-electron chi connectivity index (χ4n) is 2.68. The number of halogens is 1. The van der Waals surface area contributed by atoms with Crippen LogP contribution in [-0.2, 0) is 16.4 Å². The molecule has 1 aliphatic heterocycles. The summed E-state index contributed by atoms with van der Waals surface area (Å²) in [6, 6.07) is 9.81. The lowest BCUT2D eigenvalue weighted by Gasteiger charge is -2.33. The molecule has 0 aromatic heterocycles. The number of hydrogen-bond donors (Lipinski definition) is 1. The molecule has 1 aromatic rings. The third-order valence-electron chi connectivity index (χ3n) is 4.05. The van der Waals surface area contributed by atoms with Gasteiger partial charge >= 0.3 is 0 Å². The van der Waals surface area contributed by atoms with Crippen LogP contribution >= 0.6 is 12.4 Å². The lowest BCUT2D eigenvalue weighted by Crippen LogP contribution is -2.45. The molecule has 1 heterocycles. The van der Waals surface area contributed by atoms with Gasteiger partial charge < -0.3 is 5.73 Å². The molecule has 1 aromatic carbocycles. The summed E-state index contributed by atoms with van der Waals surface area (Å²) in [5, 5.41) is 0. The minimum atomic E-state index is -3.17. The first-order chi connectivity index (χ1) is 9.49. The Morgan fingerprint density at radius 1 is 1.33 bits per heavy atom. The third kappa shape index (κ3) is 5.25. The number of sulfonamides is 1. The summed E-state index contributed by atoms with van der Waals surface area (Å²) >= 11 is 0. The van der Waals surface area contributed by atoms with E-state index in [2.05, 4.69) is 0 Å². The molecular weight excluding hydrogens is 308 g/mol. The fraction of sp³-hybridized carbons (Fsp3) is 0.600. The lowest BCUT2D eigenvalue weighted by atomic mass is 9.93. The van der Waals surface area contributed by atoms with Gasteiger partial charge in [-0.05, 0) is 37.7 Å². The molecule has 120 valence electrons. The largest absolute Gasteiger partial charge is 0.328 e. The van der Waals surface area contributed by atoms with Crippen molar-refractivity contribution in [3.63, 3.8) is 0 Å². The maximum Gasteiger partial charge on any atom is 0.214 e. The van der Waals surface area contributed by atoms with Gasteiger partial charge in [-0.3, -0.25) is 0 Å². The molecule has 2 atom stereocenters. The van der Waals surface area contributed by atoms with Gasteiger partial charge in [0.25, 0.3) is 0 Å². The monoisotopic (exact) mass is 332 g/mol. The van der Waals surface area contributed by atoms with Gasteiger partial charge in [-0.1, -0.05) is 30.3 Å². The molecule has 2 unspecified atom stereocenters. The summed E-state index contributed by atoms with van der Waals surface area (Å²) in [6.45, 7) is 3.18. The summed E-state index contributed by atoms with van der Waals surface area (Å²) in [7, 11) is -3.17. The first-order valence-corrected chi connectivity index (χ1v) is 8.87. The van der Waals surface area contributed by atoms with Crippen molar-refractivity contribution in [2.24, 2.45) is 11.7 Å². The Balaban J connectivity index is 0.00000220. The molecule has 0 amide bonds. The smallest absolute Gasteiger partial charge is 0.214 e. The summed E-state index contributed by atoms with van der Waals surface area (Å²) in [5.41, 5.74) is 6.98. The minimum absolute atomic E-state index is 0. The Morgan fingerprint density at radius 2 is 2.00 bits per heavy atom. The molecule has 1 saturated heterocycles. The van der Waals surface area contributed by atoms with Crippen LogP contribution in [0.5, 0.6) is 0 Å². The van der Waals surface area contributed by atoms with Crippen molar-refractivity contribution in [1.29, 1.82) is 0 Å². The van der Waals surface area contributed by atoms with Crippen LogP contribution in [0.1, 0.15) is 25.3 Å². The predicted molar refractivity (Wildman–Crippen MR) is 89.1 cm³/mol. The number of nitrogens with zero attached hydrogens (tertiary/aromatic N) is 1. The van der Waals surface area contributed by atoms with E-state index in [1.54, 1.807) is 4.31 Å². The molecule has 2 rings (SSSR count). The van der Waals surface area contributed by atoms with E-state index < -0.39 is 10.0 Å². The van der Waals surface area contributed by atoms with Crippen LogP contribution in [0.3, 0.4) is 0 Å². The maximum atomic E-state index is 12.4. The van der Waals surface area contributed by atoms with Gasteiger partial charge in [0.15, 0.2) is 0 Å². The molecule has 2 N–H and O–H groups in total. The van der Waals surface area contributed by atoms with E-state index in [9.17, 15) is 8.42 Å². The molecular formula is C15H25ClN2O2S. The predicted octanol–water partition coefficient (Wildman–Crippen LogP) is 2.04. The molecule has 0 bridgehead atoms. The van der Waals surface area contributed by atoms with Crippen molar-refractivity contribution >= 4 is 22.4 Å². The van der Waals surface area contributed by atoms with Crippen LogP contribution in [0, 0.1) is 5.92 Å². The van der Waals surface area contributed by atoms with Crippen LogP contribution in [0.25, 0.3) is 0 Å². The van der Waals surface area contributed by atoms with E-state index in [0.29, 0.717) is 19.5 Å². The standard InChI is InChI=1S/C15H24N2O2S.ClH/c1-13(16)15-8-5-10-17(12-15)20(18,19)11-9-14-6-3-2-4-7-14;/h2-4,6-7,13,15H,5,8-12,16H2,1H3;1H. The van der Waals surface area contributed by atoms with Crippen molar-refractivity contribution in [3.8, 4) is 0 Å². The minimum Gasteiger partial charge on any atom is -0.328 e. The third-order valence-corrected chi connectivity index (χ3v) is 5.89. The lowest BCUT2D eigenvalue weighted by molar-refractivity contribution is 0.243. The normalized spacial score (nSPS) is 21.5. The van der Waals surface area contributed by atoms with E-state index in [1.807, 2.05) is 37.3 Å². The van der Waals surface area contributed by atoms with Crippen molar-refractivity contribution < 1.29 is 8.42 Å². The van der Waals surface area contributed by atoms with Crippen LogP contribution in [0.2, 0.25) is 0 Å². The topological polar surface area (TPSA) is 63.4 Å². The number of hydrogen-bond acceptors (Lipinski definition) is 3. The summed E-state index contributed by atoms with van der Waals surface area (Å²) < 4.78 is 26.5. The Morgan fingerprint density at radius 3 is 2.62 bits per heavy atom. The Hall–Kier alpha value is -0.620. The summed E-state index contributed by atoms with van der Waals surface area (Å²) in [4.78, 5) is 0. The van der Waals surface area contributed by atoms with Gasteiger partial charge in [-0.25, -0.2) is 12.7 Å². The second kappa shape index (κ2) is 8.13. The number of aryl methyl sites for hydroxylation is 1. The first-order valence-electron chi connectivity index (χ1n) is 7.26. The Kier molecular flexibility index (Phi) is 7.13. The first kappa shape index (κ1) is 18.4. The highest BCUT2D eigenvalue weighted by molar-refractivity contribution is 7.89. The number of benzene rings is 1. The van der Waals surface area contributed by atoms with E-state index in [1.165, 1.54) is 0 Å².